The lowest BCUT2D eigenvalue weighted by Gasteiger charge is -2.17. The van der Waals surface area contributed by atoms with Crippen molar-refractivity contribution in [3.8, 4) is 5.75 Å². The summed E-state index contributed by atoms with van der Waals surface area (Å²) < 4.78 is 5.26. The van der Waals surface area contributed by atoms with Crippen molar-refractivity contribution in [3.63, 3.8) is 0 Å². The van der Waals surface area contributed by atoms with Gasteiger partial charge >= 0.3 is 0 Å². The van der Waals surface area contributed by atoms with E-state index in [1.807, 2.05) is 62.4 Å². The summed E-state index contributed by atoms with van der Waals surface area (Å²) in [5, 5.41) is 2.20. The molecule has 0 aliphatic heterocycles. The topological polar surface area (TPSA) is 46.6 Å². The Bertz CT molecular complexity index is 1060. The van der Waals surface area contributed by atoms with Gasteiger partial charge in [0.2, 0.25) is 5.91 Å². The van der Waals surface area contributed by atoms with Gasteiger partial charge in [-0.15, -0.1) is 0 Å². The van der Waals surface area contributed by atoms with Crippen LogP contribution in [0.1, 0.15) is 39.9 Å². The molecule has 0 aliphatic rings. The van der Waals surface area contributed by atoms with Gasteiger partial charge in [0.15, 0.2) is 5.78 Å². The Hall–Kier alpha value is -3.14. The van der Waals surface area contributed by atoms with E-state index in [0.717, 1.165) is 33.2 Å². The molecule has 0 heterocycles. The van der Waals surface area contributed by atoms with Crippen molar-refractivity contribution < 1.29 is 14.3 Å². The summed E-state index contributed by atoms with van der Waals surface area (Å²) in [5.41, 5.74) is 3.98. The number of Topliss-reactive ketones (excluding diaryl/α,β-unsaturated/α-hetero) is 1. The number of carbonyl (C=O) groups is 2. The Balaban J connectivity index is 1.59. The summed E-state index contributed by atoms with van der Waals surface area (Å²) >= 11 is 0. The second-order valence-corrected chi connectivity index (χ2v) is 7.52. The largest absolute Gasteiger partial charge is 0.497 e. The van der Waals surface area contributed by atoms with Crippen LogP contribution in [0.3, 0.4) is 0 Å². The molecule has 3 rings (SSSR count). The summed E-state index contributed by atoms with van der Waals surface area (Å²) in [7, 11) is 3.43. The molecule has 4 heteroatoms. The van der Waals surface area contributed by atoms with E-state index in [1.54, 1.807) is 19.1 Å². The Morgan fingerprint density at radius 1 is 0.862 bits per heavy atom. The van der Waals surface area contributed by atoms with Crippen LogP contribution < -0.4 is 4.74 Å². The Kier molecular flexibility index (Phi) is 6.32. The van der Waals surface area contributed by atoms with E-state index >= 15 is 0 Å². The number of carbonyl (C=O) groups excluding carboxylic acids is 2. The number of ether oxygens (including phenoxy) is 1. The molecule has 4 nitrogen and oxygen atoms in total. The highest BCUT2D eigenvalue weighted by atomic mass is 16.5. The monoisotopic (exact) mass is 389 g/mol. The van der Waals surface area contributed by atoms with E-state index in [2.05, 4.69) is 6.07 Å². The van der Waals surface area contributed by atoms with Crippen LogP contribution in [-0.4, -0.2) is 30.7 Å². The van der Waals surface area contributed by atoms with Gasteiger partial charge in [-0.1, -0.05) is 30.3 Å². The number of benzene rings is 3. The minimum atomic E-state index is -0.0305. The van der Waals surface area contributed by atoms with Crippen LogP contribution in [0.25, 0.3) is 10.8 Å². The number of fused-ring (bicyclic) bond motifs is 1. The van der Waals surface area contributed by atoms with Crippen LogP contribution >= 0.6 is 0 Å². The highest BCUT2D eigenvalue weighted by molar-refractivity contribution is 5.98. The predicted molar refractivity (Wildman–Crippen MR) is 116 cm³/mol. The lowest BCUT2D eigenvalue weighted by molar-refractivity contribution is -0.130. The van der Waals surface area contributed by atoms with E-state index < -0.39 is 0 Å². The van der Waals surface area contributed by atoms with Crippen LogP contribution in [0.15, 0.2) is 54.6 Å². The number of amides is 1. The first-order chi connectivity index (χ1) is 13.9. The quantitative estimate of drug-likeness (QED) is 0.529. The normalized spacial score (nSPS) is 10.8. The molecular formula is C25H27NO3. The number of hydrogen-bond donors (Lipinski definition) is 0. The average molecular weight is 389 g/mol. The first kappa shape index (κ1) is 20.6. The van der Waals surface area contributed by atoms with Gasteiger partial charge in [-0.2, -0.15) is 0 Å². The van der Waals surface area contributed by atoms with Crippen LogP contribution in [0.2, 0.25) is 0 Å². The fourth-order valence-corrected chi connectivity index (χ4v) is 3.33. The third-order valence-corrected chi connectivity index (χ3v) is 5.35. The fraction of sp³-hybridized carbons (Fsp3) is 0.280. The van der Waals surface area contributed by atoms with Gasteiger partial charge in [-0.25, -0.2) is 0 Å². The molecule has 0 spiro atoms. The van der Waals surface area contributed by atoms with Gasteiger partial charge in [0.05, 0.1) is 7.11 Å². The summed E-state index contributed by atoms with van der Waals surface area (Å²) in [6.07, 6.45) is 0.441. The number of nitrogens with zero attached hydrogens (tertiary/aromatic N) is 1. The molecule has 1 amide bonds. The van der Waals surface area contributed by atoms with E-state index in [4.69, 9.17) is 4.74 Å². The minimum Gasteiger partial charge on any atom is -0.497 e. The average Bonchev–Trinajstić information content (AvgIpc) is 2.73. The lowest BCUT2D eigenvalue weighted by atomic mass is 10.0. The molecule has 3 aromatic carbocycles. The fourth-order valence-electron chi connectivity index (χ4n) is 3.33. The Morgan fingerprint density at radius 2 is 1.59 bits per heavy atom. The van der Waals surface area contributed by atoms with Gasteiger partial charge in [-0.05, 0) is 65.6 Å². The first-order valence-corrected chi connectivity index (χ1v) is 9.78. The maximum absolute atomic E-state index is 12.5. The Morgan fingerprint density at radius 3 is 2.31 bits per heavy atom. The van der Waals surface area contributed by atoms with Crippen molar-refractivity contribution in [3.05, 3.63) is 76.9 Å². The van der Waals surface area contributed by atoms with Crippen molar-refractivity contribution in [1.82, 2.24) is 4.90 Å². The molecule has 0 aliphatic carbocycles. The molecule has 0 saturated heterocycles. The molecule has 0 radical (unpaired) electrons. The number of methoxy groups -OCH3 is 1. The molecule has 0 N–H and O–H groups in total. The molecule has 150 valence electrons. The third kappa shape index (κ3) is 5.02. The SMILES string of the molecule is COc1ccc2cc(CN(C)C(=O)CCC(=O)c3ccc(C)c(C)c3)ccc2c1. The van der Waals surface area contributed by atoms with Gasteiger partial charge < -0.3 is 9.64 Å². The van der Waals surface area contributed by atoms with Crippen molar-refractivity contribution in [2.45, 2.75) is 33.2 Å². The second-order valence-electron chi connectivity index (χ2n) is 7.52. The molecule has 0 atom stereocenters. The summed E-state index contributed by atoms with van der Waals surface area (Å²) in [6.45, 7) is 4.52. The molecule has 3 aromatic rings. The summed E-state index contributed by atoms with van der Waals surface area (Å²) in [6, 6.07) is 17.8. The van der Waals surface area contributed by atoms with E-state index in [0.29, 0.717) is 12.1 Å². The number of hydrogen-bond acceptors (Lipinski definition) is 3. The number of ketones is 1. The molecule has 0 aromatic heterocycles. The molecule has 0 unspecified atom stereocenters. The van der Waals surface area contributed by atoms with Crippen molar-refractivity contribution in [1.29, 1.82) is 0 Å². The van der Waals surface area contributed by atoms with Crippen molar-refractivity contribution in [2.24, 2.45) is 0 Å². The maximum atomic E-state index is 12.5. The van der Waals surface area contributed by atoms with Gasteiger partial charge in [-0.3, -0.25) is 9.59 Å². The van der Waals surface area contributed by atoms with Crippen molar-refractivity contribution >= 4 is 22.5 Å². The predicted octanol–water partition coefficient (Wildman–Crippen LogP) is 5.09. The second kappa shape index (κ2) is 8.91. The molecule has 0 bridgehead atoms. The zero-order valence-corrected chi connectivity index (χ0v) is 17.5. The summed E-state index contributed by atoms with van der Waals surface area (Å²) in [5.74, 6) is 0.803. The molecule has 0 saturated carbocycles. The van der Waals surface area contributed by atoms with Crippen LogP contribution in [-0.2, 0) is 11.3 Å². The number of aryl methyl sites for hydroxylation is 2. The first-order valence-electron chi connectivity index (χ1n) is 9.78. The lowest BCUT2D eigenvalue weighted by Crippen LogP contribution is -2.26. The molecular weight excluding hydrogens is 362 g/mol. The van der Waals surface area contributed by atoms with E-state index in [1.165, 1.54) is 0 Å². The van der Waals surface area contributed by atoms with Crippen LogP contribution in [0.5, 0.6) is 5.75 Å². The highest BCUT2D eigenvalue weighted by Gasteiger charge is 2.14. The number of rotatable bonds is 7. The standard InChI is InChI=1S/C25H27NO3/c1-17-5-7-22(13-18(17)2)24(27)11-12-25(28)26(3)16-19-6-8-21-15-23(29-4)10-9-20(21)14-19/h5-10,13-15H,11-12,16H2,1-4H3. The smallest absolute Gasteiger partial charge is 0.223 e. The van der Waals surface area contributed by atoms with Crippen LogP contribution in [0.4, 0.5) is 0 Å². The Labute approximate surface area is 172 Å². The van der Waals surface area contributed by atoms with Crippen LogP contribution in [0, 0.1) is 13.8 Å². The van der Waals surface area contributed by atoms with Gasteiger partial charge in [0.1, 0.15) is 5.75 Å². The zero-order valence-electron chi connectivity index (χ0n) is 17.5. The van der Waals surface area contributed by atoms with Crippen molar-refractivity contribution in [2.75, 3.05) is 14.2 Å². The maximum Gasteiger partial charge on any atom is 0.223 e. The highest BCUT2D eigenvalue weighted by Crippen LogP contribution is 2.22. The van der Waals surface area contributed by atoms with E-state index in [9.17, 15) is 9.59 Å². The minimum absolute atomic E-state index is 0.00880. The van der Waals surface area contributed by atoms with Gasteiger partial charge in [0, 0.05) is 32.0 Å². The molecule has 29 heavy (non-hydrogen) atoms. The third-order valence-electron chi connectivity index (χ3n) is 5.35. The summed E-state index contributed by atoms with van der Waals surface area (Å²) in [4.78, 5) is 26.6. The van der Waals surface area contributed by atoms with E-state index in [-0.39, 0.29) is 24.5 Å². The van der Waals surface area contributed by atoms with Gasteiger partial charge in [0.25, 0.3) is 0 Å². The molecule has 0 fully saturated rings. The zero-order chi connectivity index (χ0) is 21.0.